The van der Waals surface area contributed by atoms with E-state index < -0.39 is 0 Å². The lowest BCUT2D eigenvalue weighted by atomic mass is 10.1. The molecule has 0 heterocycles. The number of benzene rings is 1. The average Bonchev–Trinajstić information content (AvgIpc) is 2.26. The fourth-order valence-corrected chi connectivity index (χ4v) is 1.74. The topological polar surface area (TPSA) is 15.3 Å². The lowest BCUT2D eigenvalue weighted by Crippen LogP contribution is -2.30. The van der Waals surface area contributed by atoms with E-state index in [1.54, 1.807) is 12.1 Å². The molecule has 0 aliphatic heterocycles. The number of hydrogen-bond acceptors (Lipinski definition) is 2. The fourth-order valence-electron chi connectivity index (χ4n) is 1.74. The van der Waals surface area contributed by atoms with Crippen molar-refractivity contribution >= 4 is 5.69 Å². The summed E-state index contributed by atoms with van der Waals surface area (Å²) in [4.78, 5) is 2.09. The zero-order chi connectivity index (χ0) is 12.0. The second-order valence-electron chi connectivity index (χ2n) is 4.27. The lowest BCUT2D eigenvalue weighted by molar-refractivity contribution is 0.522. The Balaban J connectivity index is 2.48. The van der Waals surface area contributed by atoms with Gasteiger partial charge in [-0.1, -0.05) is 19.9 Å². The van der Waals surface area contributed by atoms with Gasteiger partial charge in [-0.05, 0) is 37.2 Å². The van der Waals surface area contributed by atoms with Crippen molar-refractivity contribution in [1.82, 2.24) is 5.32 Å². The van der Waals surface area contributed by atoms with Crippen molar-refractivity contribution in [2.75, 3.05) is 31.6 Å². The van der Waals surface area contributed by atoms with E-state index in [-0.39, 0.29) is 5.82 Å². The summed E-state index contributed by atoms with van der Waals surface area (Å²) in [5.74, 6) is 0.372. The van der Waals surface area contributed by atoms with E-state index in [1.807, 2.05) is 13.1 Å². The largest absolute Gasteiger partial charge is 0.374 e. The Labute approximate surface area is 97.5 Å². The molecule has 1 unspecified atom stereocenters. The van der Waals surface area contributed by atoms with E-state index in [0.717, 1.165) is 25.3 Å². The minimum Gasteiger partial charge on any atom is -0.374 e. The fraction of sp³-hybridized carbons (Fsp3) is 0.538. The monoisotopic (exact) mass is 224 g/mol. The minimum absolute atomic E-state index is 0.177. The van der Waals surface area contributed by atoms with Crippen LogP contribution in [0.15, 0.2) is 24.3 Å². The van der Waals surface area contributed by atoms with Crippen molar-refractivity contribution in [2.45, 2.75) is 13.8 Å². The molecule has 2 nitrogen and oxygen atoms in total. The molecule has 0 aliphatic rings. The summed E-state index contributed by atoms with van der Waals surface area (Å²) < 4.78 is 13.0. The molecular weight excluding hydrogens is 203 g/mol. The first-order chi connectivity index (χ1) is 7.63. The zero-order valence-corrected chi connectivity index (χ0v) is 10.3. The molecule has 3 heteroatoms. The summed E-state index contributed by atoms with van der Waals surface area (Å²) in [6, 6.07) is 6.72. The third kappa shape index (κ3) is 4.19. The molecule has 0 radical (unpaired) electrons. The maximum Gasteiger partial charge on any atom is 0.125 e. The molecule has 0 aliphatic carbocycles. The summed E-state index contributed by atoms with van der Waals surface area (Å²) >= 11 is 0. The second-order valence-corrected chi connectivity index (χ2v) is 4.27. The summed E-state index contributed by atoms with van der Waals surface area (Å²) in [5, 5.41) is 3.32. The van der Waals surface area contributed by atoms with Crippen molar-refractivity contribution in [3.05, 3.63) is 30.1 Å². The Hall–Kier alpha value is -1.09. The van der Waals surface area contributed by atoms with E-state index >= 15 is 0 Å². The van der Waals surface area contributed by atoms with Crippen LogP contribution in [0.1, 0.15) is 13.8 Å². The normalized spacial score (nSPS) is 12.5. The smallest absolute Gasteiger partial charge is 0.125 e. The number of halogens is 1. The van der Waals surface area contributed by atoms with Crippen molar-refractivity contribution in [2.24, 2.45) is 5.92 Å². The molecule has 1 aromatic rings. The highest BCUT2D eigenvalue weighted by atomic mass is 19.1. The van der Waals surface area contributed by atoms with Crippen molar-refractivity contribution in [1.29, 1.82) is 0 Å². The molecule has 0 fully saturated rings. The van der Waals surface area contributed by atoms with Crippen LogP contribution in [-0.4, -0.2) is 26.7 Å². The molecule has 0 aromatic heterocycles. The Morgan fingerprint density at radius 1 is 1.44 bits per heavy atom. The number of nitrogens with zero attached hydrogens (tertiary/aromatic N) is 1. The lowest BCUT2D eigenvalue weighted by Gasteiger charge is -2.23. The Morgan fingerprint density at radius 2 is 2.19 bits per heavy atom. The van der Waals surface area contributed by atoms with Gasteiger partial charge >= 0.3 is 0 Å². The predicted molar refractivity (Wildman–Crippen MR) is 67.4 cm³/mol. The van der Waals surface area contributed by atoms with Gasteiger partial charge in [-0.15, -0.1) is 0 Å². The van der Waals surface area contributed by atoms with Gasteiger partial charge in [0, 0.05) is 19.3 Å². The second kappa shape index (κ2) is 6.48. The molecule has 90 valence electrons. The van der Waals surface area contributed by atoms with Crippen LogP contribution in [0.2, 0.25) is 0 Å². The van der Waals surface area contributed by atoms with Crippen LogP contribution in [0.3, 0.4) is 0 Å². The Morgan fingerprint density at radius 3 is 2.81 bits per heavy atom. The number of nitrogens with one attached hydrogen (secondary N) is 1. The van der Waals surface area contributed by atoms with Crippen molar-refractivity contribution in [3.63, 3.8) is 0 Å². The highest BCUT2D eigenvalue weighted by Gasteiger charge is 2.07. The van der Waals surface area contributed by atoms with Gasteiger partial charge < -0.3 is 10.2 Å². The molecule has 0 amide bonds. The summed E-state index contributed by atoms with van der Waals surface area (Å²) in [6.07, 6.45) is 0. The van der Waals surface area contributed by atoms with Crippen LogP contribution in [0.25, 0.3) is 0 Å². The van der Waals surface area contributed by atoms with Gasteiger partial charge in [-0.2, -0.15) is 0 Å². The molecule has 0 saturated carbocycles. The van der Waals surface area contributed by atoms with Gasteiger partial charge in [0.2, 0.25) is 0 Å². The number of anilines is 1. The maximum atomic E-state index is 13.0. The van der Waals surface area contributed by atoms with E-state index in [0.29, 0.717) is 5.92 Å². The summed E-state index contributed by atoms with van der Waals surface area (Å²) in [7, 11) is 2.00. The number of hydrogen-bond donors (Lipinski definition) is 1. The van der Waals surface area contributed by atoms with Crippen molar-refractivity contribution < 1.29 is 4.39 Å². The first-order valence-electron chi connectivity index (χ1n) is 5.81. The van der Waals surface area contributed by atoms with Gasteiger partial charge in [0.05, 0.1) is 0 Å². The Kier molecular flexibility index (Phi) is 5.26. The van der Waals surface area contributed by atoms with Gasteiger partial charge in [0.25, 0.3) is 0 Å². The van der Waals surface area contributed by atoms with Crippen LogP contribution < -0.4 is 10.2 Å². The van der Waals surface area contributed by atoms with Crippen LogP contribution in [0, 0.1) is 11.7 Å². The van der Waals surface area contributed by atoms with Gasteiger partial charge in [0.15, 0.2) is 0 Å². The molecule has 1 aromatic carbocycles. The summed E-state index contributed by atoms with van der Waals surface area (Å²) in [6.45, 7) is 7.21. The third-order valence-corrected chi connectivity index (χ3v) is 2.58. The van der Waals surface area contributed by atoms with E-state index in [4.69, 9.17) is 0 Å². The molecule has 1 atom stereocenters. The highest BCUT2D eigenvalue weighted by molar-refractivity contribution is 5.45. The van der Waals surface area contributed by atoms with E-state index in [1.165, 1.54) is 6.07 Å². The van der Waals surface area contributed by atoms with Crippen molar-refractivity contribution in [3.8, 4) is 0 Å². The zero-order valence-electron chi connectivity index (χ0n) is 10.3. The van der Waals surface area contributed by atoms with Crippen LogP contribution in [0.5, 0.6) is 0 Å². The molecular formula is C13H21FN2. The Bertz CT molecular complexity index is 315. The first kappa shape index (κ1) is 13.0. The molecule has 1 rings (SSSR count). The van der Waals surface area contributed by atoms with Crippen LogP contribution in [-0.2, 0) is 0 Å². The quantitative estimate of drug-likeness (QED) is 0.798. The summed E-state index contributed by atoms with van der Waals surface area (Å²) in [5.41, 5.74) is 0.934. The third-order valence-electron chi connectivity index (χ3n) is 2.58. The minimum atomic E-state index is -0.177. The molecule has 0 spiro atoms. The van der Waals surface area contributed by atoms with E-state index in [2.05, 4.69) is 24.1 Å². The standard InChI is InChI=1S/C13H21FN2/c1-4-15-9-11(2)10-16(3)13-7-5-6-12(14)8-13/h5-8,11,15H,4,9-10H2,1-3H3. The SMILES string of the molecule is CCNCC(C)CN(C)c1cccc(F)c1. The van der Waals surface area contributed by atoms with Crippen LogP contribution >= 0.6 is 0 Å². The van der Waals surface area contributed by atoms with Gasteiger partial charge in [0.1, 0.15) is 5.82 Å². The average molecular weight is 224 g/mol. The van der Waals surface area contributed by atoms with Gasteiger partial charge in [-0.25, -0.2) is 4.39 Å². The maximum absolute atomic E-state index is 13.0. The van der Waals surface area contributed by atoms with E-state index in [9.17, 15) is 4.39 Å². The predicted octanol–water partition coefficient (Wildman–Crippen LogP) is 2.51. The first-order valence-corrected chi connectivity index (χ1v) is 5.81. The molecule has 0 saturated heterocycles. The number of rotatable bonds is 6. The molecule has 0 bridgehead atoms. The highest BCUT2D eigenvalue weighted by Crippen LogP contribution is 2.14. The van der Waals surface area contributed by atoms with Gasteiger partial charge in [-0.3, -0.25) is 0 Å². The van der Waals surface area contributed by atoms with Crippen LogP contribution in [0.4, 0.5) is 10.1 Å². The molecule has 1 N–H and O–H groups in total. The molecule has 16 heavy (non-hydrogen) atoms.